The van der Waals surface area contributed by atoms with E-state index in [-0.39, 0.29) is 11.9 Å². The third-order valence-corrected chi connectivity index (χ3v) is 3.72. The van der Waals surface area contributed by atoms with Gasteiger partial charge in [-0.05, 0) is 19.1 Å². The van der Waals surface area contributed by atoms with Gasteiger partial charge in [0.1, 0.15) is 6.54 Å². The first-order valence-corrected chi connectivity index (χ1v) is 7.03. The normalized spacial score (nSPS) is 23.0. The van der Waals surface area contributed by atoms with E-state index in [9.17, 15) is 4.79 Å². The van der Waals surface area contributed by atoms with Crippen LogP contribution in [0.2, 0.25) is 0 Å². The van der Waals surface area contributed by atoms with E-state index in [1.54, 1.807) is 0 Å². The molecule has 4 heteroatoms. The zero-order chi connectivity index (χ0) is 13.7. The van der Waals surface area contributed by atoms with E-state index in [1.807, 2.05) is 25.1 Å². The van der Waals surface area contributed by atoms with E-state index in [4.69, 9.17) is 10.5 Å². The molecule has 0 radical (unpaired) electrons. The Hall–Kier alpha value is -1.55. The number of esters is 1. The fraction of sp³-hybridized carbons (Fsp3) is 0.533. The Labute approximate surface area is 114 Å². The molecule has 1 saturated heterocycles. The van der Waals surface area contributed by atoms with Crippen LogP contribution in [0.15, 0.2) is 24.3 Å². The molecule has 0 aliphatic carbocycles. The van der Waals surface area contributed by atoms with Crippen LogP contribution in [-0.4, -0.2) is 25.7 Å². The molecule has 0 aromatic heterocycles. The average Bonchev–Trinajstić information content (AvgIpc) is 2.40. The highest BCUT2D eigenvalue weighted by molar-refractivity contribution is 5.72. The van der Waals surface area contributed by atoms with Gasteiger partial charge in [0, 0.05) is 24.1 Å². The summed E-state index contributed by atoms with van der Waals surface area (Å²) >= 11 is 0. The van der Waals surface area contributed by atoms with Crippen LogP contribution in [0.25, 0.3) is 0 Å². The number of ether oxygens (including phenoxy) is 1. The number of carbonyl (C=O) groups is 1. The number of carbonyl (C=O) groups excluding carboxylic acids is 1. The predicted molar refractivity (Wildman–Crippen MR) is 74.6 cm³/mol. The Kier molecular flexibility index (Phi) is 4.80. The van der Waals surface area contributed by atoms with E-state index >= 15 is 0 Å². The summed E-state index contributed by atoms with van der Waals surface area (Å²) in [6, 6.07) is 8.05. The zero-order valence-corrected chi connectivity index (χ0v) is 11.5. The van der Waals surface area contributed by atoms with Crippen molar-refractivity contribution in [3.63, 3.8) is 0 Å². The number of rotatable bonds is 4. The van der Waals surface area contributed by atoms with Crippen molar-refractivity contribution in [2.75, 3.05) is 25.4 Å². The van der Waals surface area contributed by atoms with Gasteiger partial charge in [-0.15, -0.1) is 0 Å². The number of likely N-dealkylation sites (tertiary alicyclic amines) is 1. The highest BCUT2D eigenvalue weighted by Gasteiger charge is 2.28. The molecule has 0 saturated carbocycles. The standard InChI is InChI=1S/C15H22N2O2/c1-2-19-15(18)13-6-8-17(9-7-13)11-12-4-3-5-14(16)10-12/h3-5,10,13H,2,6-9,11,16H2,1H3/p+1. The fourth-order valence-corrected chi connectivity index (χ4v) is 2.69. The van der Waals surface area contributed by atoms with Gasteiger partial charge in [0.05, 0.1) is 25.6 Å². The molecule has 19 heavy (non-hydrogen) atoms. The molecule has 3 N–H and O–H groups in total. The fourth-order valence-electron chi connectivity index (χ4n) is 2.69. The number of anilines is 1. The Bertz CT molecular complexity index is 426. The molecular weight excluding hydrogens is 240 g/mol. The summed E-state index contributed by atoms with van der Waals surface area (Å²) < 4.78 is 5.09. The quantitative estimate of drug-likeness (QED) is 0.619. The third kappa shape index (κ3) is 3.96. The molecule has 0 unspecified atom stereocenters. The molecule has 0 amide bonds. The molecule has 1 aromatic carbocycles. The maximum Gasteiger partial charge on any atom is 0.309 e. The lowest BCUT2D eigenvalue weighted by molar-refractivity contribution is -0.919. The monoisotopic (exact) mass is 263 g/mol. The number of hydrogen-bond donors (Lipinski definition) is 2. The lowest BCUT2D eigenvalue weighted by Gasteiger charge is -2.28. The first-order valence-electron chi connectivity index (χ1n) is 7.03. The van der Waals surface area contributed by atoms with E-state index in [2.05, 4.69) is 6.07 Å². The smallest absolute Gasteiger partial charge is 0.309 e. The van der Waals surface area contributed by atoms with Gasteiger partial charge in [0.15, 0.2) is 0 Å². The molecule has 2 rings (SSSR count). The first kappa shape index (κ1) is 13.9. The number of nitrogens with two attached hydrogens (primary N) is 1. The van der Waals surface area contributed by atoms with Crippen LogP contribution in [0.4, 0.5) is 5.69 Å². The van der Waals surface area contributed by atoms with Gasteiger partial charge in [0.2, 0.25) is 0 Å². The Morgan fingerprint density at radius 3 is 2.79 bits per heavy atom. The molecular formula is C15H23N2O2+. The maximum absolute atomic E-state index is 11.7. The summed E-state index contributed by atoms with van der Waals surface area (Å²) in [5.41, 5.74) is 7.87. The predicted octanol–water partition coefficient (Wildman–Crippen LogP) is 0.627. The second-order valence-electron chi connectivity index (χ2n) is 5.20. The van der Waals surface area contributed by atoms with Gasteiger partial charge >= 0.3 is 5.97 Å². The number of quaternary nitrogens is 1. The first-order chi connectivity index (χ1) is 9.19. The van der Waals surface area contributed by atoms with Crippen molar-refractivity contribution in [1.29, 1.82) is 0 Å². The van der Waals surface area contributed by atoms with E-state index < -0.39 is 0 Å². The van der Waals surface area contributed by atoms with Crippen molar-refractivity contribution in [3.8, 4) is 0 Å². The second-order valence-corrected chi connectivity index (χ2v) is 5.20. The van der Waals surface area contributed by atoms with Gasteiger partial charge < -0.3 is 15.4 Å². The number of benzene rings is 1. The zero-order valence-electron chi connectivity index (χ0n) is 11.5. The minimum atomic E-state index is -0.0227. The minimum absolute atomic E-state index is 0.0227. The van der Waals surface area contributed by atoms with Gasteiger partial charge in [-0.3, -0.25) is 4.79 Å². The van der Waals surface area contributed by atoms with Gasteiger partial charge in [-0.25, -0.2) is 0 Å². The molecule has 0 bridgehead atoms. The second kappa shape index (κ2) is 6.57. The summed E-state index contributed by atoms with van der Waals surface area (Å²) in [5.74, 6) is 0.0787. The highest BCUT2D eigenvalue weighted by atomic mass is 16.5. The molecule has 1 aliphatic rings. The molecule has 1 aromatic rings. The van der Waals surface area contributed by atoms with Crippen molar-refractivity contribution in [2.24, 2.45) is 5.92 Å². The Morgan fingerprint density at radius 1 is 1.42 bits per heavy atom. The SMILES string of the molecule is CCOC(=O)C1CC[NH+](Cc2cccc(N)c2)CC1. The molecule has 1 aliphatic heterocycles. The third-order valence-electron chi connectivity index (χ3n) is 3.72. The van der Waals surface area contributed by atoms with Crippen LogP contribution in [0.5, 0.6) is 0 Å². The summed E-state index contributed by atoms with van der Waals surface area (Å²) in [6.45, 7) is 5.38. The van der Waals surface area contributed by atoms with Crippen LogP contribution < -0.4 is 10.6 Å². The topological polar surface area (TPSA) is 56.8 Å². The molecule has 104 valence electrons. The minimum Gasteiger partial charge on any atom is -0.466 e. The van der Waals surface area contributed by atoms with Crippen molar-refractivity contribution in [3.05, 3.63) is 29.8 Å². The Morgan fingerprint density at radius 2 is 2.16 bits per heavy atom. The number of nitrogens with one attached hydrogen (secondary N) is 1. The van der Waals surface area contributed by atoms with E-state index in [1.165, 1.54) is 10.5 Å². The Balaban J connectivity index is 1.82. The summed E-state index contributed by atoms with van der Waals surface area (Å²) in [5, 5.41) is 0. The van der Waals surface area contributed by atoms with Gasteiger partial charge in [-0.1, -0.05) is 12.1 Å². The van der Waals surface area contributed by atoms with Gasteiger partial charge in [-0.2, -0.15) is 0 Å². The van der Waals surface area contributed by atoms with Crippen molar-refractivity contribution in [2.45, 2.75) is 26.3 Å². The van der Waals surface area contributed by atoms with Crippen molar-refractivity contribution >= 4 is 11.7 Å². The van der Waals surface area contributed by atoms with E-state index in [0.717, 1.165) is 38.2 Å². The summed E-state index contributed by atoms with van der Waals surface area (Å²) in [6.07, 6.45) is 1.85. The molecule has 1 heterocycles. The summed E-state index contributed by atoms with van der Waals surface area (Å²) in [7, 11) is 0. The van der Waals surface area contributed by atoms with Crippen molar-refractivity contribution < 1.29 is 14.4 Å². The summed E-state index contributed by atoms with van der Waals surface area (Å²) in [4.78, 5) is 13.2. The molecule has 0 atom stereocenters. The van der Waals surface area contributed by atoms with Gasteiger partial charge in [0.25, 0.3) is 0 Å². The number of nitrogen functional groups attached to an aromatic ring is 1. The lowest BCUT2D eigenvalue weighted by atomic mass is 9.96. The van der Waals surface area contributed by atoms with Crippen LogP contribution in [0, 0.1) is 5.92 Å². The number of piperidine rings is 1. The largest absolute Gasteiger partial charge is 0.466 e. The maximum atomic E-state index is 11.7. The molecule has 0 spiro atoms. The molecule has 4 nitrogen and oxygen atoms in total. The van der Waals surface area contributed by atoms with E-state index in [0.29, 0.717) is 6.61 Å². The van der Waals surface area contributed by atoms with Crippen LogP contribution in [0.3, 0.4) is 0 Å². The molecule has 1 fully saturated rings. The van der Waals surface area contributed by atoms with Crippen molar-refractivity contribution in [1.82, 2.24) is 0 Å². The lowest BCUT2D eigenvalue weighted by Crippen LogP contribution is -3.11. The highest BCUT2D eigenvalue weighted by Crippen LogP contribution is 2.12. The number of hydrogen-bond acceptors (Lipinski definition) is 3. The average molecular weight is 263 g/mol. The van der Waals surface area contributed by atoms with Crippen LogP contribution in [0.1, 0.15) is 25.3 Å². The van der Waals surface area contributed by atoms with Crippen LogP contribution >= 0.6 is 0 Å². The van der Waals surface area contributed by atoms with Crippen LogP contribution in [-0.2, 0) is 16.1 Å².